The van der Waals surface area contributed by atoms with Crippen LogP contribution in [0.15, 0.2) is 18.2 Å². The Labute approximate surface area is 84.3 Å². The zero-order valence-electron chi connectivity index (χ0n) is 7.61. The van der Waals surface area contributed by atoms with Gasteiger partial charge in [0.25, 0.3) is 0 Å². The van der Waals surface area contributed by atoms with E-state index in [0.29, 0.717) is 0 Å². The van der Waals surface area contributed by atoms with Crippen LogP contribution < -0.4 is 10.5 Å². The molecular formula is C9H9F2NO3. The molecule has 6 heteroatoms. The van der Waals surface area contributed by atoms with Crippen molar-refractivity contribution in [3.05, 3.63) is 29.8 Å². The number of aliphatic carboxylic acids is 1. The predicted molar refractivity (Wildman–Crippen MR) is 47.5 cm³/mol. The molecule has 1 aromatic rings. The number of hydrogen-bond donors (Lipinski definition) is 2. The summed E-state index contributed by atoms with van der Waals surface area (Å²) in [5.41, 5.74) is 5.14. The summed E-state index contributed by atoms with van der Waals surface area (Å²) < 4.78 is 30.0. The molecule has 15 heavy (non-hydrogen) atoms. The second kappa shape index (κ2) is 4.70. The lowest BCUT2D eigenvalue weighted by Gasteiger charge is -2.09. The predicted octanol–water partition coefficient (Wildman–Crippen LogP) is 0.756. The largest absolute Gasteiger partial charge is 0.491 e. The number of rotatable bonds is 4. The molecule has 0 heterocycles. The summed E-state index contributed by atoms with van der Waals surface area (Å²) in [6.07, 6.45) is 0. The summed E-state index contributed by atoms with van der Waals surface area (Å²) in [5, 5.41) is 8.42. The van der Waals surface area contributed by atoms with Gasteiger partial charge in [-0.05, 0) is 12.1 Å². The molecular weight excluding hydrogens is 208 g/mol. The molecule has 1 rings (SSSR count). The minimum atomic E-state index is -1.22. The lowest BCUT2D eigenvalue weighted by atomic mass is 10.3. The molecule has 1 aromatic carbocycles. The normalized spacial score (nSPS) is 12.2. The molecule has 4 nitrogen and oxygen atoms in total. The Morgan fingerprint density at radius 3 is 2.67 bits per heavy atom. The highest BCUT2D eigenvalue weighted by Gasteiger charge is 2.12. The molecule has 0 amide bonds. The van der Waals surface area contributed by atoms with E-state index < -0.39 is 23.6 Å². The SMILES string of the molecule is N[C@@H](COc1ccc(F)c(F)c1)C(=O)O. The molecule has 0 fully saturated rings. The molecule has 0 radical (unpaired) electrons. The first-order chi connectivity index (χ1) is 7.00. The van der Waals surface area contributed by atoms with Crippen LogP contribution in [0.4, 0.5) is 8.78 Å². The maximum atomic E-state index is 12.7. The van der Waals surface area contributed by atoms with Crippen LogP contribution >= 0.6 is 0 Å². The smallest absolute Gasteiger partial charge is 0.324 e. The summed E-state index contributed by atoms with van der Waals surface area (Å²) in [4.78, 5) is 10.3. The fraction of sp³-hybridized carbons (Fsp3) is 0.222. The topological polar surface area (TPSA) is 72.5 Å². The fourth-order valence-corrected chi connectivity index (χ4v) is 0.824. The van der Waals surface area contributed by atoms with Gasteiger partial charge < -0.3 is 15.6 Å². The molecule has 3 N–H and O–H groups in total. The number of halogens is 2. The van der Waals surface area contributed by atoms with E-state index in [4.69, 9.17) is 15.6 Å². The molecule has 1 atom stereocenters. The number of carboxylic acids is 1. The van der Waals surface area contributed by atoms with Crippen molar-refractivity contribution in [2.45, 2.75) is 6.04 Å². The van der Waals surface area contributed by atoms with E-state index in [0.717, 1.165) is 12.1 Å². The van der Waals surface area contributed by atoms with Gasteiger partial charge in [-0.25, -0.2) is 8.78 Å². The number of nitrogens with two attached hydrogens (primary N) is 1. The second-order valence-corrected chi connectivity index (χ2v) is 2.83. The number of benzene rings is 1. The average molecular weight is 217 g/mol. The van der Waals surface area contributed by atoms with Crippen molar-refractivity contribution in [2.75, 3.05) is 6.61 Å². The van der Waals surface area contributed by atoms with E-state index in [1.807, 2.05) is 0 Å². The van der Waals surface area contributed by atoms with E-state index in [9.17, 15) is 13.6 Å². The highest BCUT2D eigenvalue weighted by Crippen LogP contribution is 2.15. The van der Waals surface area contributed by atoms with Gasteiger partial charge in [0, 0.05) is 6.07 Å². The first-order valence-corrected chi connectivity index (χ1v) is 4.07. The monoisotopic (exact) mass is 217 g/mol. The zero-order valence-corrected chi connectivity index (χ0v) is 7.61. The minimum Gasteiger partial charge on any atom is -0.491 e. The van der Waals surface area contributed by atoms with E-state index in [1.165, 1.54) is 6.07 Å². The van der Waals surface area contributed by atoms with Gasteiger partial charge >= 0.3 is 5.97 Å². The molecule has 0 unspecified atom stereocenters. The molecule has 0 aliphatic heterocycles. The summed E-state index contributed by atoms with van der Waals surface area (Å²) >= 11 is 0. The molecule has 82 valence electrons. The van der Waals surface area contributed by atoms with E-state index in [2.05, 4.69) is 0 Å². The molecule has 0 bridgehead atoms. The highest BCUT2D eigenvalue weighted by atomic mass is 19.2. The van der Waals surface area contributed by atoms with Gasteiger partial charge in [0.05, 0.1) is 0 Å². The van der Waals surface area contributed by atoms with Crippen molar-refractivity contribution in [3.8, 4) is 5.75 Å². The fourth-order valence-electron chi connectivity index (χ4n) is 0.824. The summed E-state index contributed by atoms with van der Waals surface area (Å²) in [6, 6.07) is 1.70. The van der Waals surface area contributed by atoms with Gasteiger partial charge in [-0.1, -0.05) is 0 Å². The van der Waals surface area contributed by atoms with Gasteiger partial charge in [-0.15, -0.1) is 0 Å². The van der Waals surface area contributed by atoms with Gasteiger partial charge in [-0.2, -0.15) is 0 Å². The van der Waals surface area contributed by atoms with Crippen LogP contribution in [-0.2, 0) is 4.79 Å². The minimum absolute atomic E-state index is 0.0330. The third-order valence-electron chi connectivity index (χ3n) is 1.64. The first-order valence-electron chi connectivity index (χ1n) is 4.07. The van der Waals surface area contributed by atoms with Crippen molar-refractivity contribution < 1.29 is 23.4 Å². The van der Waals surface area contributed by atoms with Crippen molar-refractivity contribution in [3.63, 3.8) is 0 Å². The van der Waals surface area contributed by atoms with Crippen LogP contribution in [0.25, 0.3) is 0 Å². The van der Waals surface area contributed by atoms with Crippen LogP contribution in [0.1, 0.15) is 0 Å². The molecule has 0 saturated carbocycles. The second-order valence-electron chi connectivity index (χ2n) is 2.83. The van der Waals surface area contributed by atoms with E-state index in [1.54, 1.807) is 0 Å². The van der Waals surface area contributed by atoms with Gasteiger partial charge in [0.1, 0.15) is 18.4 Å². The lowest BCUT2D eigenvalue weighted by Crippen LogP contribution is -2.36. The Hall–Kier alpha value is -1.69. The van der Waals surface area contributed by atoms with E-state index >= 15 is 0 Å². The molecule has 0 spiro atoms. The molecule has 0 saturated heterocycles. The van der Waals surface area contributed by atoms with Crippen LogP contribution in [-0.4, -0.2) is 23.7 Å². The van der Waals surface area contributed by atoms with Gasteiger partial charge in [-0.3, -0.25) is 4.79 Å². The third kappa shape index (κ3) is 3.17. The molecule has 0 aromatic heterocycles. The maximum absolute atomic E-state index is 12.7. The van der Waals surface area contributed by atoms with Crippen molar-refractivity contribution in [1.82, 2.24) is 0 Å². The number of hydrogen-bond acceptors (Lipinski definition) is 3. The quantitative estimate of drug-likeness (QED) is 0.780. The first kappa shape index (κ1) is 11.4. The Kier molecular flexibility index (Phi) is 3.56. The van der Waals surface area contributed by atoms with Crippen molar-refractivity contribution >= 4 is 5.97 Å². The lowest BCUT2D eigenvalue weighted by molar-refractivity contribution is -0.139. The van der Waals surface area contributed by atoms with Crippen LogP contribution in [0.3, 0.4) is 0 Å². The highest BCUT2D eigenvalue weighted by molar-refractivity contribution is 5.73. The zero-order chi connectivity index (χ0) is 11.4. The van der Waals surface area contributed by atoms with E-state index in [-0.39, 0.29) is 12.4 Å². The van der Waals surface area contributed by atoms with Crippen molar-refractivity contribution in [1.29, 1.82) is 0 Å². The van der Waals surface area contributed by atoms with Crippen LogP contribution in [0.5, 0.6) is 5.75 Å². The van der Waals surface area contributed by atoms with Crippen molar-refractivity contribution in [2.24, 2.45) is 5.73 Å². The standard InChI is InChI=1S/C9H9F2NO3/c10-6-2-1-5(3-7(6)11)15-4-8(12)9(13)14/h1-3,8H,4,12H2,(H,13,14)/t8-/m0/s1. The number of carbonyl (C=O) groups is 1. The molecule has 0 aliphatic rings. The number of ether oxygens (including phenoxy) is 1. The Bertz CT molecular complexity index is 370. The third-order valence-corrected chi connectivity index (χ3v) is 1.64. The van der Waals surface area contributed by atoms with Gasteiger partial charge in [0.2, 0.25) is 0 Å². The molecule has 0 aliphatic carbocycles. The summed E-state index contributed by atoms with van der Waals surface area (Å²) in [5.74, 6) is -3.25. The van der Waals surface area contributed by atoms with Gasteiger partial charge in [0.15, 0.2) is 11.6 Å². The summed E-state index contributed by atoms with van der Waals surface area (Å²) in [6.45, 7) is -0.305. The Morgan fingerprint density at radius 1 is 1.47 bits per heavy atom. The summed E-state index contributed by atoms with van der Waals surface area (Å²) in [7, 11) is 0. The maximum Gasteiger partial charge on any atom is 0.324 e. The Morgan fingerprint density at radius 2 is 2.13 bits per heavy atom. The number of carboxylic acid groups (broad SMARTS) is 1. The Balaban J connectivity index is 2.58. The average Bonchev–Trinajstić information content (AvgIpc) is 2.19. The van der Waals surface area contributed by atoms with Crippen LogP contribution in [0, 0.1) is 11.6 Å². The van der Waals surface area contributed by atoms with Crippen LogP contribution in [0.2, 0.25) is 0 Å².